The van der Waals surface area contributed by atoms with E-state index < -0.39 is 4.92 Å². The summed E-state index contributed by atoms with van der Waals surface area (Å²) in [7, 11) is 0. The van der Waals surface area contributed by atoms with Crippen molar-refractivity contribution in [2.24, 2.45) is 11.7 Å². The normalized spacial score (nSPS) is 21.7. The third kappa shape index (κ3) is 3.26. The second-order valence-electron chi connectivity index (χ2n) is 4.93. The van der Waals surface area contributed by atoms with E-state index in [0.717, 1.165) is 19.3 Å². The molecule has 6 nitrogen and oxygen atoms in total. The van der Waals surface area contributed by atoms with Crippen LogP contribution >= 0.6 is 22.6 Å². The molecule has 0 radical (unpaired) electrons. The molecular weight excluding hydrogens is 373 g/mol. The van der Waals surface area contributed by atoms with Gasteiger partial charge in [0, 0.05) is 21.7 Å². The summed E-state index contributed by atoms with van der Waals surface area (Å²) in [6.07, 6.45) is 3.06. The van der Waals surface area contributed by atoms with Gasteiger partial charge in [0.15, 0.2) is 0 Å². The van der Waals surface area contributed by atoms with Crippen molar-refractivity contribution in [1.82, 2.24) is 5.32 Å². The van der Waals surface area contributed by atoms with E-state index in [9.17, 15) is 14.9 Å². The molecule has 1 saturated carbocycles. The molecule has 20 heavy (non-hydrogen) atoms. The van der Waals surface area contributed by atoms with E-state index in [2.05, 4.69) is 5.32 Å². The average molecular weight is 389 g/mol. The van der Waals surface area contributed by atoms with E-state index in [0.29, 0.717) is 21.6 Å². The number of rotatable bonds is 4. The molecule has 7 heteroatoms. The van der Waals surface area contributed by atoms with Gasteiger partial charge in [-0.25, -0.2) is 0 Å². The molecule has 3 N–H and O–H groups in total. The molecule has 1 fully saturated rings. The van der Waals surface area contributed by atoms with Crippen LogP contribution < -0.4 is 11.1 Å². The van der Waals surface area contributed by atoms with Crippen LogP contribution in [0, 0.1) is 19.6 Å². The lowest BCUT2D eigenvalue weighted by Crippen LogP contribution is -2.40. The van der Waals surface area contributed by atoms with Gasteiger partial charge in [-0.15, -0.1) is 0 Å². The number of non-ortho nitro benzene ring substituents is 1. The molecule has 0 bridgehead atoms. The van der Waals surface area contributed by atoms with Crippen LogP contribution in [0.3, 0.4) is 0 Å². The molecule has 108 valence electrons. The van der Waals surface area contributed by atoms with Crippen molar-refractivity contribution in [2.75, 3.05) is 6.54 Å². The number of nitro benzene ring substituents is 1. The van der Waals surface area contributed by atoms with Crippen molar-refractivity contribution in [3.8, 4) is 0 Å². The van der Waals surface area contributed by atoms with Gasteiger partial charge in [-0.2, -0.15) is 0 Å². The van der Waals surface area contributed by atoms with E-state index in [1.165, 1.54) is 18.2 Å². The Kier molecular flexibility index (Phi) is 4.92. The van der Waals surface area contributed by atoms with Gasteiger partial charge in [0.25, 0.3) is 11.6 Å². The minimum atomic E-state index is -0.467. The first-order valence-corrected chi connectivity index (χ1v) is 7.55. The van der Waals surface area contributed by atoms with Crippen molar-refractivity contribution in [1.29, 1.82) is 0 Å². The summed E-state index contributed by atoms with van der Waals surface area (Å²) < 4.78 is 0.580. The monoisotopic (exact) mass is 389 g/mol. The number of hydrogen-bond acceptors (Lipinski definition) is 4. The number of hydrogen-bond donors (Lipinski definition) is 2. The van der Waals surface area contributed by atoms with Crippen LogP contribution in [0.1, 0.15) is 29.6 Å². The molecule has 1 amide bonds. The summed E-state index contributed by atoms with van der Waals surface area (Å²) >= 11 is 1.95. The number of nitrogens with zero attached hydrogens (tertiary/aromatic N) is 1. The quantitative estimate of drug-likeness (QED) is 0.468. The summed E-state index contributed by atoms with van der Waals surface area (Å²) in [6.45, 7) is 0.572. The SMILES string of the molecule is NCC1CCCC1NC(=O)c1ccc([N+](=O)[O-])cc1I. The number of nitrogens with one attached hydrogen (secondary N) is 1. The predicted molar refractivity (Wildman–Crippen MR) is 83.5 cm³/mol. The lowest BCUT2D eigenvalue weighted by molar-refractivity contribution is -0.384. The van der Waals surface area contributed by atoms with Gasteiger partial charge in [0.1, 0.15) is 0 Å². The van der Waals surface area contributed by atoms with E-state index in [4.69, 9.17) is 5.73 Å². The second kappa shape index (κ2) is 6.49. The van der Waals surface area contributed by atoms with Crippen LogP contribution in [0.15, 0.2) is 18.2 Å². The summed E-state index contributed by atoms with van der Waals surface area (Å²) in [5.74, 6) is 0.143. The number of carbonyl (C=O) groups is 1. The topological polar surface area (TPSA) is 98.3 Å². The fourth-order valence-electron chi connectivity index (χ4n) is 2.56. The lowest BCUT2D eigenvalue weighted by Gasteiger charge is -2.19. The van der Waals surface area contributed by atoms with Crippen LogP contribution in [0.2, 0.25) is 0 Å². The molecule has 2 unspecified atom stereocenters. The maximum Gasteiger partial charge on any atom is 0.270 e. The zero-order chi connectivity index (χ0) is 14.7. The van der Waals surface area contributed by atoms with E-state index >= 15 is 0 Å². The smallest absolute Gasteiger partial charge is 0.270 e. The number of benzene rings is 1. The first-order chi connectivity index (χ1) is 9.52. The number of carbonyl (C=O) groups excluding carboxylic acids is 1. The van der Waals surface area contributed by atoms with Crippen molar-refractivity contribution in [3.63, 3.8) is 0 Å². The Labute approximate surface area is 130 Å². The molecule has 2 atom stereocenters. The van der Waals surface area contributed by atoms with Gasteiger partial charge >= 0.3 is 0 Å². The first kappa shape index (κ1) is 15.2. The van der Waals surface area contributed by atoms with Crippen molar-refractivity contribution in [2.45, 2.75) is 25.3 Å². The highest BCUT2D eigenvalue weighted by Crippen LogP contribution is 2.26. The Morgan fingerprint density at radius 3 is 2.85 bits per heavy atom. The minimum Gasteiger partial charge on any atom is -0.349 e. The maximum atomic E-state index is 12.2. The predicted octanol–water partition coefficient (Wildman–Crippen LogP) is 2.06. The fourth-order valence-corrected chi connectivity index (χ4v) is 3.30. The molecule has 2 rings (SSSR count). The second-order valence-corrected chi connectivity index (χ2v) is 6.09. The zero-order valence-corrected chi connectivity index (χ0v) is 13.0. The molecule has 1 aliphatic rings. The van der Waals surface area contributed by atoms with Crippen molar-refractivity contribution >= 4 is 34.2 Å². The zero-order valence-electron chi connectivity index (χ0n) is 10.8. The Morgan fingerprint density at radius 1 is 1.50 bits per heavy atom. The van der Waals surface area contributed by atoms with Crippen LogP contribution in [0.5, 0.6) is 0 Å². The van der Waals surface area contributed by atoms with Crippen LogP contribution in [0.4, 0.5) is 5.69 Å². The van der Waals surface area contributed by atoms with Crippen LogP contribution in [-0.4, -0.2) is 23.4 Å². The Hall–Kier alpha value is -1.22. The van der Waals surface area contributed by atoms with Gasteiger partial charge in [-0.1, -0.05) is 6.42 Å². The van der Waals surface area contributed by atoms with Crippen LogP contribution in [0.25, 0.3) is 0 Å². The maximum absolute atomic E-state index is 12.2. The standard InChI is InChI=1S/C13H16IN3O3/c14-11-6-9(17(19)20)4-5-10(11)13(18)16-12-3-1-2-8(12)7-15/h4-6,8,12H,1-3,7,15H2,(H,16,18). The summed E-state index contributed by atoms with van der Waals surface area (Å²) in [5.41, 5.74) is 6.16. The Morgan fingerprint density at radius 2 is 2.25 bits per heavy atom. The third-order valence-corrected chi connectivity index (χ3v) is 4.58. The molecular formula is C13H16IN3O3. The van der Waals surface area contributed by atoms with Crippen LogP contribution in [-0.2, 0) is 0 Å². The number of amides is 1. The van der Waals surface area contributed by atoms with Gasteiger partial charge < -0.3 is 11.1 Å². The molecule has 0 heterocycles. The molecule has 1 aliphatic carbocycles. The molecule has 0 spiro atoms. The Balaban J connectivity index is 2.11. The molecule has 0 aromatic heterocycles. The van der Waals surface area contributed by atoms with Gasteiger partial charge in [-0.3, -0.25) is 14.9 Å². The Bertz CT molecular complexity index is 536. The molecule has 1 aromatic rings. The molecule has 1 aromatic carbocycles. The van der Waals surface area contributed by atoms with Gasteiger partial charge in [0.05, 0.1) is 10.5 Å². The van der Waals surface area contributed by atoms with E-state index in [1.807, 2.05) is 22.6 Å². The largest absolute Gasteiger partial charge is 0.349 e. The fraction of sp³-hybridized carbons (Fsp3) is 0.462. The summed E-state index contributed by atoms with van der Waals surface area (Å²) in [4.78, 5) is 22.5. The average Bonchev–Trinajstić information content (AvgIpc) is 2.85. The third-order valence-electron chi connectivity index (χ3n) is 3.69. The molecule has 0 saturated heterocycles. The number of nitrogens with two attached hydrogens (primary N) is 1. The summed E-state index contributed by atoms with van der Waals surface area (Å²) in [6, 6.07) is 4.37. The number of nitro groups is 1. The summed E-state index contributed by atoms with van der Waals surface area (Å²) in [5, 5.41) is 13.7. The lowest BCUT2D eigenvalue weighted by atomic mass is 10.0. The van der Waals surface area contributed by atoms with Gasteiger partial charge in [-0.05, 0) is 54.0 Å². The van der Waals surface area contributed by atoms with E-state index in [1.54, 1.807) is 0 Å². The highest BCUT2D eigenvalue weighted by atomic mass is 127. The minimum absolute atomic E-state index is 0.00773. The van der Waals surface area contributed by atoms with Crippen molar-refractivity contribution in [3.05, 3.63) is 37.4 Å². The first-order valence-electron chi connectivity index (χ1n) is 6.47. The highest BCUT2D eigenvalue weighted by Gasteiger charge is 2.28. The van der Waals surface area contributed by atoms with Crippen molar-refractivity contribution < 1.29 is 9.72 Å². The number of halogens is 1. The van der Waals surface area contributed by atoms with Gasteiger partial charge in [0.2, 0.25) is 0 Å². The highest BCUT2D eigenvalue weighted by molar-refractivity contribution is 14.1. The molecule has 0 aliphatic heterocycles. The van der Waals surface area contributed by atoms with E-state index in [-0.39, 0.29) is 17.6 Å².